The maximum atomic E-state index is 13.9. The number of halogens is 1. The van der Waals surface area contributed by atoms with E-state index in [1.807, 2.05) is 141 Å². The number of aromatic nitrogens is 13. The van der Waals surface area contributed by atoms with Gasteiger partial charge in [-0.3, -0.25) is 30.1 Å². The number of carbonyl (C=O) groups excluding carboxylic acids is 2. The summed E-state index contributed by atoms with van der Waals surface area (Å²) in [5.74, 6) is -0.452. The van der Waals surface area contributed by atoms with E-state index in [1.165, 1.54) is 146 Å². The number of esters is 1. The lowest BCUT2D eigenvalue weighted by Crippen LogP contribution is -2.11. The molecule has 21 nitrogen and oxygen atoms in total. The fourth-order valence-corrected chi connectivity index (χ4v) is 20.0. The average Bonchev–Trinajstić information content (AvgIpc) is 1.75. The van der Waals surface area contributed by atoms with Crippen molar-refractivity contribution in [2.24, 2.45) is 5.73 Å². The number of nitrogens with one attached hydrogen (secondary N) is 5. The first kappa shape index (κ1) is 78.7. The first-order valence-corrected chi connectivity index (χ1v) is 43.5. The lowest BCUT2D eigenvalue weighted by atomic mass is 9.85. The molecule has 1 amide bonds. The smallest absolute Gasteiger partial charge is 0.337 e. The number of aromatic amines is 5. The molecule has 4 aliphatic carbocycles. The van der Waals surface area contributed by atoms with Gasteiger partial charge in [0.05, 0.1) is 116 Å². The van der Waals surface area contributed by atoms with Gasteiger partial charge in [0.2, 0.25) is 5.91 Å². The highest BCUT2D eigenvalue weighted by molar-refractivity contribution is 6.13. The molecule has 20 aromatic rings. The lowest BCUT2D eigenvalue weighted by molar-refractivity contribution is 0.0600. The number of nitrogens with two attached hydrogens (primary N) is 1. The third-order valence-electron chi connectivity index (χ3n) is 26.0. The molecule has 0 saturated heterocycles. The van der Waals surface area contributed by atoms with Crippen molar-refractivity contribution in [1.29, 1.82) is 5.26 Å². The number of phenols is 2. The van der Waals surface area contributed by atoms with Crippen LogP contribution in [0.5, 0.6) is 17.2 Å². The van der Waals surface area contributed by atoms with Gasteiger partial charge in [-0.15, -0.1) is 0 Å². The Balaban J connectivity index is 0.0000000968. The second-order valence-electron chi connectivity index (χ2n) is 33.4. The number of pyridine rings is 5. The van der Waals surface area contributed by atoms with E-state index in [4.69, 9.17) is 35.4 Å². The summed E-state index contributed by atoms with van der Waals surface area (Å²) in [6, 6.07) is 61.5. The number of carbonyl (C=O) groups is 2. The second kappa shape index (κ2) is 33.0. The van der Waals surface area contributed by atoms with E-state index in [2.05, 4.69) is 93.0 Å². The summed E-state index contributed by atoms with van der Waals surface area (Å²) in [7, 11) is 1.40. The molecule has 25 rings (SSSR count). The first-order chi connectivity index (χ1) is 62.3. The highest BCUT2D eigenvalue weighted by atomic mass is 19.1. The highest BCUT2D eigenvalue weighted by Crippen LogP contribution is 2.47. The van der Waals surface area contributed by atoms with Crippen LogP contribution in [0.1, 0.15) is 133 Å². The van der Waals surface area contributed by atoms with Gasteiger partial charge in [0.25, 0.3) is 0 Å². The third kappa shape index (κ3) is 14.3. The number of methoxy groups -OCH3 is 1. The summed E-state index contributed by atoms with van der Waals surface area (Å²) in [6.45, 7) is 2.73. The van der Waals surface area contributed by atoms with Crippen molar-refractivity contribution in [2.45, 2.75) is 116 Å². The van der Waals surface area contributed by atoms with Gasteiger partial charge < -0.3 is 35.4 Å². The summed E-state index contributed by atoms with van der Waals surface area (Å²) in [5, 5.41) is 62.0. The van der Waals surface area contributed by atoms with E-state index in [1.54, 1.807) is 30.3 Å². The number of aromatic hydroxyl groups is 2. The Labute approximate surface area is 727 Å². The van der Waals surface area contributed by atoms with Crippen molar-refractivity contribution >= 4 is 121 Å². The molecule has 624 valence electrons. The van der Waals surface area contributed by atoms with Crippen LogP contribution in [0.25, 0.3) is 165 Å². The standard InChI is InChI=1S/C22H19N3O2.C22H17N3.C21H18FN3O.C21H18N4O.C19H14N2O2/c1-27-22(26)14-8-6-13(7-9-14)21-16-5-3-2-4-15(16)20-17-12-23-25-18(17)10-11-19(20)24-21;23-13-14-5-7-15(8-6-14)22-17-4-2-1-3-16(17)21-18-11-12-24-19(18)9-10-20(21)25-22;1-11-19-17(25-24-11)8-7-16-20(19)13-4-2-3-5-14(13)21(23-16)12-6-9-18(26)15(22)10-12;22-21(26)13-7-5-12(6-8-13)20-15-4-2-1-3-14(15)19-16-11-23-25-17(16)9-10-18(19)24-20;22-12-3-1-11(2-4-12)18-14-8-10-23-19(14)17-13-7-9-20-15(13)5-6-16(17)21-18/h6-12H,2-5H2,1H3,(H,23,25);5-12,25H,1-4H2;6-10,26H,2-5H2,1H3,(H,24,25);5-11H,1-4H2,(H2,22,26)(H,23,25);1-7,9,21-22H,8,10H2. The second-order valence-corrected chi connectivity index (χ2v) is 33.4. The molecule has 0 spiro atoms. The maximum absolute atomic E-state index is 13.9. The van der Waals surface area contributed by atoms with Gasteiger partial charge in [-0.25, -0.2) is 24.1 Å². The topological polar surface area (TPSA) is 325 Å². The molecule has 11 heterocycles. The normalized spacial score (nSPS) is 13.7. The average molecular weight is 1670 g/mol. The van der Waals surface area contributed by atoms with Crippen molar-refractivity contribution in [1.82, 2.24) is 65.5 Å². The molecule has 10 aromatic heterocycles. The van der Waals surface area contributed by atoms with Crippen LogP contribution in [-0.2, 0) is 62.5 Å². The Bertz CT molecular complexity index is 7860. The SMILES string of the molecule is COC(=O)c1ccc(-c2nc3ccc4[nH]ncc4c3c3c2CCCC3)cc1.Cc1[nH]nc2ccc3nc(-c4ccc(O)c(F)c4)c4c(c3c12)CCCC4.N#Cc1ccc(-c2[nH]c3ccc4nccc4c3c3c2CCCC3)cc1.NC(=O)c1ccc(-c2nc3ccc4[nH]ncc4c3c3c2CCCC3)cc1.Oc1ccc(-c2[nH]c3ccc4nccc4c3c3c2CCO3)cc1. The van der Waals surface area contributed by atoms with Crippen LogP contribution in [0.3, 0.4) is 0 Å². The molecule has 0 radical (unpaired) electrons. The lowest BCUT2D eigenvalue weighted by Gasteiger charge is -2.23. The number of rotatable bonds is 7. The number of aryl methyl sites for hydroxylation is 5. The van der Waals surface area contributed by atoms with E-state index >= 15 is 0 Å². The summed E-state index contributed by atoms with van der Waals surface area (Å²) >= 11 is 0. The fraction of sp³-hybridized carbons (Fsp3) is 0.190. The van der Waals surface area contributed by atoms with Gasteiger partial charge in [-0.05, 0) is 317 Å². The number of primary amides is 1. The maximum Gasteiger partial charge on any atom is 0.337 e. The van der Waals surface area contributed by atoms with Crippen LogP contribution in [0.15, 0.2) is 213 Å². The summed E-state index contributed by atoms with van der Waals surface area (Å²) in [5.41, 5.74) is 40.5. The number of phenolic OH excluding ortho intramolecular Hbond substituents is 2. The molecule has 10 aromatic carbocycles. The number of H-pyrrole nitrogens is 5. The third-order valence-corrected chi connectivity index (χ3v) is 26.0. The quantitative estimate of drug-likeness (QED) is 0.0688. The zero-order valence-electron chi connectivity index (χ0n) is 69.9. The van der Waals surface area contributed by atoms with Crippen molar-refractivity contribution in [3.05, 3.63) is 291 Å². The molecule has 0 bridgehead atoms. The van der Waals surface area contributed by atoms with E-state index in [0.717, 1.165) is 204 Å². The molecule has 9 N–H and O–H groups in total. The van der Waals surface area contributed by atoms with Crippen LogP contribution >= 0.6 is 0 Å². The summed E-state index contributed by atoms with van der Waals surface area (Å²) in [6.07, 6.45) is 26.2. The molecule has 1 aliphatic heterocycles. The monoisotopic (exact) mass is 1670 g/mol. The Hall–Kier alpha value is -15.5. The number of hydrogen-bond donors (Lipinski definition) is 8. The number of amides is 1. The van der Waals surface area contributed by atoms with Gasteiger partial charge in [0, 0.05) is 117 Å². The van der Waals surface area contributed by atoms with E-state index < -0.39 is 11.7 Å². The van der Waals surface area contributed by atoms with Crippen LogP contribution in [0, 0.1) is 24.1 Å². The molecule has 22 heteroatoms. The van der Waals surface area contributed by atoms with E-state index in [0.29, 0.717) is 28.9 Å². The largest absolute Gasteiger partial charge is 0.508 e. The van der Waals surface area contributed by atoms with Gasteiger partial charge in [0.1, 0.15) is 11.5 Å². The number of nitriles is 1. The van der Waals surface area contributed by atoms with Crippen molar-refractivity contribution < 1.29 is 33.7 Å². The van der Waals surface area contributed by atoms with Crippen LogP contribution < -0.4 is 10.5 Å². The van der Waals surface area contributed by atoms with Crippen molar-refractivity contribution in [3.8, 4) is 79.6 Å². The minimum Gasteiger partial charge on any atom is -0.508 e. The number of ether oxygens (including phenoxy) is 2. The van der Waals surface area contributed by atoms with Crippen molar-refractivity contribution in [2.75, 3.05) is 13.7 Å². The van der Waals surface area contributed by atoms with Gasteiger partial charge in [-0.2, -0.15) is 20.6 Å². The molecule has 5 aliphatic rings. The predicted octanol–water partition coefficient (Wildman–Crippen LogP) is 22.2. The highest BCUT2D eigenvalue weighted by Gasteiger charge is 2.29. The number of hydrogen-bond acceptors (Lipinski definition) is 15. The fourth-order valence-electron chi connectivity index (χ4n) is 20.0. The summed E-state index contributed by atoms with van der Waals surface area (Å²) in [4.78, 5) is 54.1. The van der Waals surface area contributed by atoms with Gasteiger partial charge >= 0.3 is 5.97 Å². The Morgan fingerprint density at radius 2 is 0.874 bits per heavy atom. The molecule has 0 atom stereocenters. The van der Waals surface area contributed by atoms with Crippen molar-refractivity contribution in [3.63, 3.8) is 0 Å². The van der Waals surface area contributed by atoms with E-state index in [-0.39, 0.29) is 17.5 Å². The van der Waals surface area contributed by atoms with Crippen LogP contribution in [0.4, 0.5) is 4.39 Å². The zero-order chi connectivity index (χ0) is 86.1. The molecular formula is C105H86FN15O6. The number of benzene rings is 10. The van der Waals surface area contributed by atoms with E-state index in [9.17, 15) is 24.2 Å². The zero-order valence-corrected chi connectivity index (χ0v) is 69.9. The predicted molar refractivity (Wildman–Crippen MR) is 497 cm³/mol. The minimum atomic E-state index is -0.616. The Morgan fingerprint density at radius 3 is 1.42 bits per heavy atom. The molecule has 127 heavy (non-hydrogen) atoms. The van der Waals surface area contributed by atoms with Crippen LogP contribution in [-0.4, -0.2) is 101 Å². The summed E-state index contributed by atoms with van der Waals surface area (Å²) < 4.78 is 24.7. The van der Waals surface area contributed by atoms with Crippen LogP contribution in [0.2, 0.25) is 0 Å². The molecule has 0 fully saturated rings. The molecule has 0 saturated carbocycles. The van der Waals surface area contributed by atoms with Gasteiger partial charge in [0.15, 0.2) is 11.6 Å². The minimum absolute atomic E-state index is 0.270. The Kier molecular flexibility index (Phi) is 20.4. The van der Waals surface area contributed by atoms with Gasteiger partial charge in [-0.1, -0.05) is 36.4 Å². The number of nitrogens with zero attached hydrogens (tertiary/aromatic N) is 9. The molecule has 0 unspecified atom stereocenters. The number of fused-ring (bicyclic) bond motifs is 25. The first-order valence-electron chi connectivity index (χ1n) is 43.5. The molecular weight excluding hydrogens is 1590 g/mol. The Morgan fingerprint density at radius 1 is 0.433 bits per heavy atom.